The predicted molar refractivity (Wildman–Crippen MR) is 83.2 cm³/mol. The van der Waals surface area contributed by atoms with E-state index < -0.39 is 11.7 Å². The van der Waals surface area contributed by atoms with E-state index in [9.17, 15) is 13.2 Å². The highest BCUT2D eigenvalue weighted by atomic mass is 35.5. The minimum atomic E-state index is -4.38. The normalized spacial score (nSPS) is 18.4. The van der Waals surface area contributed by atoms with Crippen LogP contribution in [0.3, 0.4) is 0 Å². The summed E-state index contributed by atoms with van der Waals surface area (Å²) in [6, 6.07) is 3.81. The van der Waals surface area contributed by atoms with Crippen molar-refractivity contribution >= 4 is 11.6 Å². The fourth-order valence-corrected chi connectivity index (χ4v) is 3.32. The molecule has 1 saturated heterocycles. The largest absolute Gasteiger partial charge is 0.416 e. The lowest BCUT2D eigenvalue weighted by atomic mass is 9.94. The average molecular weight is 335 g/mol. The molecule has 0 bridgehead atoms. The zero-order valence-corrected chi connectivity index (χ0v) is 13.5. The van der Waals surface area contributed by atoms with E-state index >= 15 is 0 Å². The number of rotatable bonds is 5. The molecule has 0 spiro atoms. The molecule has 1 aliphatic rings. The molecule has 124 valence electrons. The third kappa shape index (κ3) is 4.15. The topological polar surface area (TPSA) is 15.3 Å². The van der Waals surface area contributed by atoms with Crippen molar-refractivity contribution in [2.75, 3.05) is 26.2 Å². The summed E-state index contributed by atoms with van der Waals surface area (Å²) < 4.78 is 40.2. The van der Waals surface area contributed by atoms with Crippen molar-refractivity contribution in [3.05, 3.63) is 34.3 Å². The van der Waals surface area contributed by atoms with Gasteiger partial charge in [0.25, 0.3) is 0 Å². The number of unbranched alkanes of at least 4 members (excludes halogenated alkanes) is 1. The van der Waals surface area contributed by atoms with Crippen molar-refractivity contribution in [2.24, 2.45) is 0 Å². The van der Waals surface area contributed by atoms with Crippen LogP contribution in [-0.4, -0.2) is 31.1 Å². The molecule has 22 heavy (non-hydrogen) atoms. The summed E-state index contributed by atoms with van der Waals surface area (Å²) in [4.78, 5) is 2.13. The fourth-order valence-electron chi connectivity index (χ4n) is 3.02. The maximum Gasteiger partial charge on any atom is 0.416 e. The van der Waals surface area contributed by atoms with Crippen molar-refractivity contribution < 1.29 is 13.2 Å². The summed E-state index contributed by atoms with van der Waals surface area (Å²) in [7, 11) is 0. The lowest BCUT2D eigenvalue weighted by molar-refractivity contribution is -0.138. The number of halogens is 4. The molecule has 1 aromatic carbocycles. The molecule has 1 N–H and O–H groups in total. The van der Waals surface area contributed by atoms with E-state index in [4.69, 9.17) is 11.6 Å². The fraction of sp³-hybridized carbons (Fsp3) is 0.625. The highest BCUT2D eigenvalue weighted by molar-refractivity contribution is 6.31. The van der Waals surface area contributed by atoms with Crippen molar-refractivity contribution in [3.8, 4) is 0 Å². The number of alkyl halides is 3. The maximum atomic E-state index is 13.4. The van der Waals surface area contributed by atoms with Gasteiger partial charge < -0.3 is 5.32 Å². The molecule has 1 heterocycles. The molecule has 2 nitrogen and oxygen atoms in total. The first-order chi connectivity index (χ1) is 10.4. The molecule has 0 aromatic heterocycles. The van der Waals surface area contributed by atoms with Gasteiger partial charge in [0.15, 0.2) is 0 Å². The van der Waals surface area contributed by atoms with Crippen LogP contribution in [0.15, 0.2) is 18.2 Å². The monoisotopic (exact) mass is 334 g/mol. The van der Waals surface area contributed by atoms with Gasteiger partial charge in [0.1, 0.15) is 0 Å². The first kappa shape index (κ1) is 17.6. The van der Waals surface area contributed by atoms with Crippen LogP contribution in [0.2, 0.25) is 5.02 Å². The first-order valence-corrected chi connectivity index (χ1v) is 8.13. The van der Waals surface area contributed by atoms with Gasteiger partial charge in [0.2, 0.25) is 0 Å². The van der Waals surface area contributed by atoms with Gasteiger partial charge in [-0.3, -0.25) is 4.90 Å². The van der Waals surface area contributed by atoms with Gasteiger partial charge in [0.05, 0.1) is 5.56 Å². The Balaban J connectivity index is 2.41. The van der Waals surface area contributed by atoms with Crippen LogP contribution < -0.4 is 5.32 Å². The Kier molecular flexibility index (Phi) is 6.12. The van der Waals surface area contributed by atoms with Crippen LogP contribution in [0.1, 0.15) is 43.4 Å². The Bertz CT molecular complexity index is 485. The number of nitrogens with one attached hydrogen (secondary N) is 1. The molecule has 0 radical (unpaired) electrons. The van der Waals surface area contributed by atoms with Gasteiger partial charge in [-0.05, 0) is 18.6 Å². The lowest BCUT2D eigenvalue weighted by Crippen LogP contribution is -2.45. The summed E-state index contributed by atoms with van der Waals surface area (Å²) in [6.45, 7) is 5.14. The number of hydrogen-bond acceptors (Lipinski definition) is 2. The minimum absolute atomic E-state index is 0.217. The van der Waals surface area contributed by atoms with Gasteiger partial charge in [-0.1, -0.05) is 37.4 Å². The van der Waals surface area contributed by atoms with Crippen LogP contribution in [0.5, 0.6) is 0 Å². The molecule has 6 heteroatoms. The summed E-state index contributed by atoms with van der Waals surface area (Å²) >= 11 is 6.19. The molecule has 1 atom stereocenters. The van der Waals surface area contributed by atoms with E-state index in [0.29, 0.717) is 6.42 Å². The van der Waals surface area contributed by atoms with E-state index in [0.717, 1.165) is 45.1 Å². The first-order valence-electron chi connectivity index (χ1n) is 7.75. The van der Waals surface area contributed by atoms with Crippen molar-refractivity contribution in [1.29, 1.82) is 0 Å². The Labute approximate surface area is 134 Å². The molecule has 0 saturated carbocycles. The third-order valence-corrected chi connectivity index (χ3v) is 4.44. The average Bonchev–Trinajstić information content (AvgIpc) is 2.49. The van der Waals surface area contributed by atoms with Crippen molar-refractivity contribution in [1.82, 2.24) is 10.2 Å². The smallest absolute Gasteiger partial charge is 0.314 e. The molecule has 1 aromatic rings. The van der Waals surface area contributed by atoms with Crippen molar-refractivity contribution in [3.63, 3.8) is 0 Å². The van der Waals surface area contributed by atoms with E-state index in [2.05, 4.69) is 10.2 Å². The number of hydrogen-bond donors (Lipinski definition) is 1. The summed E-state index contributed by atoms with van der Waals surface area (Å²) in [5, 5.41) is 3.46. The van der Waals surface area contributed by atoms with E-state index in [1.54, 1.807) is 6.07 Å². The zero-order valence-electron chi connectivity index (χ0n) is 12.7. The van der Waals surface area contributed by atoms with Crippen LogP contribution in [-0.2, 0) is 6.18 Å². The van der Waals surface area contributed by atoms with Crippen LogP contribution >= 0.6 is 11.6 Å². The number of benzene rings is 1. The van der Waals surface area contributed by atoms with Gasteiger partial charge in [-0.15, -0.1) is 0 Å². The minimum Gasteiger partial charge on any atom is -0.314 e. The molecule has 2 rings (SSSR count). The second-order valence-electron chi connectivity index (χ2n) is 5.64. The third-order valence-electron chi connectivity index (χ3n) is 4.12. The van der Waals surface area contributed by atoms with Gasteiger partial charge in [-0.2, -0.15) is 13.2 Å². The quantitative estimate of drug-likeness (QED) is 0.853. The Morgan fingerprint density at radius 1 is 1.27 bits per heavy atom. The van der Waals surface area contributed by atoms with E-state index in [-0.39, 0.29) is 16.6 Å². The highest BCUT2D eigenvalue weighted by Crippen LogP contribution is 2.41. The summed E-state index contributed by atoms with van der Waals surface area (Å²) in [5.41, 5.74) is -0.355. The molecule has 0 unspecified atom stereocenters. The lowest BCUT2D eigenvalue weighted by Gasteiger charge is -2.36. The molecular formula is C16H22ClF3N2. The van der Waals surface area contributed by atoms with Crippen LogP contribution in [0, 0.1) is 0 Å². The molecular weight excluding hydrogens is 313 g/mol. The Morgan fingerprint density at radius 3 is 2.55 bits per heavy atom. The number of piperazine rings is 1. The second kappa shape index (κ2) is 7.66. The van der Waals surface area contributed by atoms with Gasteiger partial charge >= 0.3 is 6.18 Å². The summed E-state index contributed by atoms with van der Waals surface area (Å²) in [5.74, 6) is 0. The van der Waals surface area contributed by atoms with E-state index in [1.165, 1.54) is 6.07 Å². The standard InChI is InChI=1S/C16H22ClF3N2/c1-2-3-7-14(22-10-8-21-9-11-22)15-12(16(18,19)20)5-4-6-13(15)17/h4-6,14,21H,2-3,7-11H2,1H3/t14-/m0/s1. The van der Waals surface area contributed by atoms with Crippen molar-refractivity contribution in [2.45, 2.75) is 38.4 Å². The maximum absolute atomic E-state index is 13.4. The summed E-state index contributed by atoms with van der Waals surface area (Å²) in [6.07, 6.45) is -1.84. The SMILES string of the molecule is CCCC[C@@H](c1c(Cl)cccc1C(F)(F)F)N1CCNCC1. The van der Waals surface area contributed by atoms with Crippen LogP contribution in [0.4, 0.5) is 13.2 Å². The Morgan fingerprint density at radius 2 is 1.95 bits per heavy atom. The highest BCUT2D eigenvalue weighted by Gasteiger charge is 2.37. The van der Waals surface area contributed by atoms with Gasteiger partial charge in [-0.25, -0.2) is 0 Å². The molecule has 1 aliphatic heterocycles. The second-order valence-corrected chi connectivity index (χ2v) is 6.05. The van der Waals surface area contributed by atoms with Gasteiger partial charge in [0, 0.05) is 42.8 Å². The molecule has 0 aliphatic carbocycles. The number of nitrogens with zero attached hydrogens (tertiary/aromatic N) is 1. The van der Waals surface area contributed by atoms with Crippen LogP contribution in [0.25, 0.3) is 0 Å². The van der Waals surface area contributed by atoms with E-state index in [1.807, 2.05) is 6.92 Å². The molecule has 1 fully saturated rings. The molecule has 0 amide bonds. The predicted octanol–water partition coefficient (Wildman–Crippen LogP) is 4.50. The zero-order chi connectivity index (χ0) is 16.2. The Hall–Kier alpha value is -0.780.